The van der Waals surface area contributed by atoms with Gasteiger partial charge in [0, 0.05) is 13.1 Å². The van der Waals surface area contributed by atoms with Gasteiger partial charge in [0.1, 0.15) is 0 Å². The molecule has 6 nitrogen and oxygen atoms in total. The molecule has 0 aromatic heterocycles. The van der Waals surface area contributed by atoms with Crippen LogP contribution in [0.5, 0.6) is 0 Å². The molecule has 0 aromatic carbocycles. The second kappa shape index (κ2) is 2.57. The first-order valence-electron chi connectivity index (χ1n) is 2.71. The van der Waals surface area contributed by atoms with Crippen LogP contribution in [0, 0.1) is 0 Å². The van der Waals surface area contributed by atoms with E-state index in [1.54, 1.807) is 0 Å². The Hall–Kier alpha value is -0.580. The molecule has 0 aromatic rings. The Morgan fingerprint density at radius 3 is 2.30 bits per heavy atom. The summed E-state index contributed by atoms with van der Waals surface area (Å²) >= 11 is 0. The SMILES string of the molecule is O=P(O)(O)N=C1NCCN1. The Kier molecular flexibility index (Phi) is 1.94. The monoisotopic (exact) mass is 165 g/mol. The van der Waals surface area contributed by atoms with E-state index in [0.717, 1.165) is 0 Å². The first kappa shape index (κ1) is 7.53. The Morgan fingerprint density at radius 2 is 1.90 bits per heavy atom. The average Bonchev–Trinajstić information content (AvgIpc) is 2.12. The highest BCUT2D eigenvalue weighted by molar-refractivity contribution is 7.50. The molecule has 1 aliphatic heterocycles. The standard InChI is InChI=1S/C3H8N3O3P/c7-10(8,9)6-3-4-1-2-5-3/h1-2H2,(H4,4,5,6,7,8,9). The van der Waals surface area contributed by atoms with Gasteiger partial charge in [-0.25, -0.2) is 4.57 Å². The summed E-state index contributed by atoms with van der Waals surface area (Å²) < 4.78 is 13.3. The van der Waals surface area contributed by atoms with Gasteiger partial charge in [-0.3, -0.25) is 0 Å². The van der Waals surface area contributed by atoms with Gasteiger partial charge in [0.15, 0.2) is 0 Å². The zero-order valence-electron chi connectivity index (χ0n) is 5.11. The fraction of sp³-hybridized carbons (Fsp3) is 0.667. The highest BCUT2D eigenvalue weighted by Crippen LogP contribution is 2.35. The molecule has 7 heteroatoms. The van der Waals surface area contributed by atoms with Crippen LogP contribution in [-0.4, -0.2) is 28.8 Å². The van der Waals surface area contributed by atoms with E-state index in [2.05, 4.69) is 15.4 Å². The molecule has 4 N–H and O–H groups in total. The predicted molar refractivity (Wildman–Crippen MR) is 35.5 cm³/mol. The average molecular weight is 165 g/mol. The summed E-state index contributed by atoms with van der Waals surface area (Å²) in [4.78, 5) is 16.6. The highest BCUT2D eigenvalue weighted by atomic mass is 31.2. The van der Waals surface area contributed by atoms with E-state index < -0.39 is 7.75 Å². The number of nitrogens with zero attached hydrogens (tertiary/aromatic N) is 1. The minimum absolute atomic E-state index is 0.174. The fourth-order valence-corrected chi connectivity index (χ4v) is 1.03. The smallest absolute Gasteiger partial charge is 0.354 e. The van der Waals surface area contributed by atoms with Crippen LogP contribution in [0.1, 0.15) is 0 Å². The van der Waals surface area contributed by atoms with Crippen LogP contribution < -0.4 is 10.6 Å². The quantitative estimate of drug-likeness (QED) is 0.359. The lowest BCUT2D eigenvalue weighted by Gasteiger charge is -1.98. The van der Waals surface area contributed by atoms with E-state index in [1.807, 2.05) is 0 Å². The van der Waals surface area contributed by atoms with E-state index in [0.29, 0.717) is 13.1 Å². The van der Waals surface area contributed by atoms with Crippen molar-refractivity contribution in [1.29, 1.82) is 0 Å². The molecule has 1 rings (SSSR count). The molecular weight excluding hydrogens is 157 g/mol. The van der Waals surface area contributed by atoms with Crippen LogP contribution in [0.15, 0.2) is 4.76 Å². The van der Waals surface area contributed by atoms with Gasteiger partial charge in [-0.15, -0.1) is 4.76 Å². The minimum atomic E-state index is -4.25. The molecule has 0 unspecified atom stereocenters. The second-order valence-electron chi connectivity index (χ2n) is 1.82. The van der Waals surface area contributed by atoms with Gasteiger partial charge in [0.25, 0.3) is 0 Å². The molecule has 0 spiro atoms. The number of hydrogen-bond donors (Lipinski definition) is 4. The summed E-state index contributed by atoms with van der Waals surface area (Å²) in [6.07, 6.45) is 0. The van der Waals surface area contributed by atoms with Crippen LogP contribution >= 0.6 is 7.75 Å². The van der Waals surface area contributed by atoms with Crippen molar-refractivity contribution in [3.63, 3.8) is 0 Å². The summed E-state index contributed by atoms with van der Waals surface area (Å²) in [5.41, 5.74) is 0. The molecule has 1 aliphatic rings. The van der Waals surface area contributed by atoms with Crippen LogP contribution in [0.25, 0.3) is 0 Å². The number of nitrogens with one attached hydrogen (secondary N) is 2. The summed E-state index contributed by atoms with van der Waals surface area (Å²) in [6, 6.07) is 0. The third kappa shape index (κ3) is 2.34. The fourth-order valence-electron chi connectivity index (χ4n) is 0.625. The normalized spacial score (nSPS) is 18.0. The maximum Gasteiger partial charge on any atom is 0.451 e. The first-order chi connectivity index (χ1) is 4.58. The predicted octanol–water partition coefficient (Wildman–Crippen LogP) is -1.37. The summed E-state index contributed by atoms with van der Waals surface area (Å²) in [6.45, 7) is 1.30. The summed E-state index contributed by atoms with van der Waals surface area (Å²) in [5.74, 6) is 0.174. The first-order valence-corrected chi connectivity index (χ1v) is 4.28. The summed E-state index contributed by atoms with van der Waals surface area (Å²) in [5, 5.41) is 5.32. The second-order valence-corrected chi connectivity index (χ2v) is 3.04. The molecule has 0 atom stereocenters. The number of guanidine groups is 1. The van der Waals surface area contributed by atoms with Gasteiger partial charge >= 0.3 is 7.75 Å². The van der Waals surface area contributed by atoms with Gasteiger partial charge < -0.3 is 20.4 Å². The largest absolute Gasteiger partial charge is 0.451 e. The van der Waals surface area contributed by atoms with E-state index >= 15 is 0 Å². The molecular formula is C3H8N3O3P. The van der Waals surface area contributed by atoms with Crippen molar-refractivity contribution < 1.29 is 14.4 Å². The molecule has 58 valence electrons. The lowest BCUT2D eigenvalue weighted by molar-refractivity contribution is 0.375. The molecule has 0 bridgehead atoms. The minimum Gasteiger partial charge on any atom is -0.354 e. The zero-order chi connectivity index (χ0) is 7.61. The van der Waals surface area contributed by atoms with Gasteiger partial charge in [0.2, 0.25) is 5.96 Å². The third-order valence-electron chi connectivity index (χ3n) is 0.940. The van der Waals surface area contributed by atoms with Crippen molar-refractivity contribution in [1.82, 2.24) is 10.6 Å². The molecule has 1 saturated heterocycles. The lowest BCUT2D eigenvalue weighted by atomic mass is 10.7. The van der Waals surface area contributed by atoms with Crippen molar-refractivity contribution in [3.05, 3.63) is 0 Å². The van der Waals surface area contributed by atoms with E-state index in [-0.39, 0.29) is 5.96 Å². The van der Waals surface area contributed by atoms with Crippen LogP contribution in [0.4, 0.5) is 0 Å². The van der Waals surface area contributed by atoms with E-state index in [9.17, 15) is 4.57 Å². The zero-order valence-corrected chi connectivity index (χ0v) is 6.01. The maximum absolute atomic E-state index is 10.2. The summed E-state index contributed by atoms with van der Waals surface area (Å²) in [7, 11) is -4.25. The van der Waals surface area contributed by atoms with Gasteiger partial charge in [-0.1, -0.05) is 0 Å². The van der Waals surface area contributed by atoms with E-state index in [1.165, 1.54) is 0 Å². The number of rotatable bonds is 1. The Bertz CT molecular complexity index is 189. The number of hydrogen-bond acceptors (Lipinski definition) is 1. The Balaban J connectivity index is 2.62. The molecule has 0 amide bonds. The van der Waals surface area contributed by atoms with Gasteiger partial charge in [-0.2, -0.15) is 0 Å². The molecule has 10 heavy (non-hydrogen) atoms. The highest BCUT2D eigenvalue weighted by Gasteiger charge is 2.14. The molecule has 0 aliphatic carbocycles. The molecule has 1 fully saturated rings. The Morgan fingerprint density at radius 1 is 1.40 bits per heavy atom. The van der Waals surface area contributed by atoms with Gasteiger partial charge in [0.05, 0.1) is 0 Å². The Labute approximate surface area is 57.6 Å². The van der Waals surface area contributed by atoms with Crippen LogP contribution in [0.2, 0.25) is 0 Å². The van der Waals surface area contributed by atoms with Crippen LogP contribution in [-0.2, 0) is 4.57 Å². The van der Waals surface area contributed by atoms with Crippen molar-refractivity contribution >= 4 is 13.7 Å². The molecule has 0 saturated carbocycles. The van der Waals surface area contributed by atoms with Crippen molar-refractivity contribution in [2.45, 2.75) is 0 Å². The van der Waals surface area contributed by atoms with Gasteiger partial charge in [-0.05, 0) is 0 Å². The lowest BCUT2D eigenvalue weighted by Crippen LogP contribution is -2.23. The topological polar surface area (TPSA) is 94.0 Å². The van der Waals surface area contributed by atoms with E-state index in [4.69, 9.17) is 9.79 Å². The van der Waals surface area contributed by atoms with Crippen molar-refractivity contribution in [2.24, 2.45) is 4.76 Å². The molecule has 0 radical (unpaired) electrons. The van der Waals surface area contributed by atoms with Crippen LogP contribution in [0.3, 0.4) is 0 Å². The van der Waals surface area contributed by atoms with Crippen molar-refractivity contribution in [3.8, 4) is 0 Å². The molecule has 1 heterocycles. The van der Waals surface area contributed by atoms with Crippen molar-refractivity contribution in [2.75, 3.05) is 13.1 Å². The maximum atomic E-state index is 10.2. The third-order valence-corrected chi connectivity index (χ3v) is 1.40.